The molecule has 8 nitrogen and oxygen atoms in total. The number of fused-ring (bicyclic) bond motifs is 1. The average Bonchev–Trinajstić information content (AvgIpc) is 3.37. The smallest absolute Gasteiger partial charge is 0.433 e. The zero-order valence-electron chi connectivity index (χ0n) is 14.1. The van der Waals surface area contributed by atoms with Crippen LogP contribution in [0.15, 0.2) is 57.6 Å². The maximum Gasteiger partial charge on any atom is 0.433 e. The molecule has 0 aliphatic heterocycles. The number of thiazole rings is 1. The molecule has 136 valence electrons. The van der Waals surface area contributed by atoms with Gasteiger partial charge in [0, 0.05) is 0 Å². The van der Waals surface area contributed by atoms with Crippen LogP contribution < -0.4 is 4.90 Å². The third kappa shape index (κ3) is 3.32. The summed E-state index contributed by atoms with van der Waals surface area (Å²) in [4.78, 5) is 29.1. The Labute approximate surface area is 156 Å². The van der Waals surface area contributed by atoms with Crippen molar-refractivity contribution in [2.24, 2.45) is 0 Å². The van der Waals surface area contributed by atoms with E-state index < -0.39 is 16.7 Å². The summed E-state index contributed by atoms with van der Waals surface area (Å²) in [5.41, 5.74) is 1.85. The first-order chi connectivity index (χ1) is 13.0. The van der Waals surface area contributed by atoms with Gasteiger partial charge in [0.1, 0.15) is 10.7 Å². The van der Waals surface area contributed by atoms with E-state index in [1.54, 1.807) is 12.1 Å². The van der Waals surface area contributed by atoms with Gasteiger partial charge in [0.2, 0.25) is 0 Å². The van der Waals surface area contributed by atoms with E-state index in [9.17, 15) is 14.9 Å². The zero-order chi connectivity index (χ0) is 19.0. The highest BCUT2D eigenvalue weighted by Gasteiger charge is 2.27. The minimum Gasteiger partial charge on any atom is -0.467 e. The number of carbonyl (C=O) groups excluding carboxylic acids is 1. The van der Waals surface area contributed by atoms with E-state index in [4.69, 9.17) is 8.83 Å². The van der Waals surface area contributed by atoms with Gasteiger partial charge < -0.3 is 8.83 Å². The summed E-state index contributed by atoms with van der Waals surface area (Å²) in [5.74, 6) is -0.602. The van der Waals surface area contributed by atoms with Crippen LogP contribution in [0.25, 0.3) is 10.2 Å². The molecule has 3 heterocycles. The number of benzene rings is 1. The highest BCUT2D eigenvalue weighted by Crippen LogP contribution is 2.32. The van der Waals surface area contributed by atoms with Crippen molar-refractivity contribution in [2.75, 3.05) is 4.90 Å². The Morgan fingerprint density at radius 1 is 1.30 bits per heavy atom. The van der Waals surface area contributed by atoms with Gasteiger partial charge in [-0.2, -0.15) is 0 Å². The Kier molecular flexibility index (Phi) is 4.21. The van der Waals surface area contributed by atoms with Crippen LogP contribution >= 0.6 is 11.3 Å². The fourth-order valence-electron chi connectivity index (χ4n) is 2.59. The minimum absolute atomic E-state index is 0.124. The highest BCUT2D eigenvalue weighted by atomic mass is 32.1. The lowest BCUT2D eigenvalue weighted by Gasteiger charge is -2.17. The Bertz CT molecular complexity index is 1130. The van der Waals surface area contributed by atoms with Crippen LogP contribution in [0.5, 0.6) is 0 Å². The molecule has 4 rings (SSSR count). The second kappa shape index (κ2) is 6.69. The molecule has 1 aromatic carbocycles. The number of rotatable bonds is 5. The summed E-state index contributed by atoms with van der Waals surface area (Å²) in [6.45, 7) is 2.10. The summed E-state index contributed by atoms with van der Waals surface area (Å²) in [5, 5.41) is 11.3. The molecule has 0 saturated carbocycles. The number of anilines is 1. The van der Waals surface area contributed by atoms with E-state index in [1.807, 2.05) is 25.1 Å². The fourth-order valence-corrected chi connectivity index (χ4v) is 3.65. The van der Waals surface area contributed by atoms with E-state index in [0.29, 0.717) is 10.9 Å². The number of hydrogen-bond acceptors (Lipinski definition) is 7. The third-order valence-electron chi connectivity index (χ3n) is 3.89. The van der Waals surface area contributed by atoms with Crippen molar-refractivity contribution in [3.63, 3.8) is 0 Å². The largest absolute Gasteiger partial charge is 0.467 e. The Balaban J connectivity index is 1.75. The number of hydrogen-bond donors (Lipinski definition) is 0. The normalized spacial score (nSPS) is 11.0. The lowest BCUT2D eigenvalue weighted by molar-refractivity contribution is -0.402. The Morgan fingerprint density at radius 2 is 2.15 bits per heavy atom. The number of carbonyl (C=O) groups is 1. The maximum atomic E-state index is 13.0. The van der Waals surface area contributed by atoms with Crippen molar-refractivity contribution in [3.05, 3.63) is 75.9 Å². The van der Waals surface area contributed by atoms with Crippen molar-refractivity contribution >= 4 is 38.5 Å². The molecular weight excluding hydrogens is 370 g/mol. The van der Waals surface area contributed by atoms with Crippen molar-refractivity contribution in [2.45, 2.75) is 13.5 Å². The number of nitro groups is 1. The van der Waals surface area contributed by atoms with Gasteiger partial charge in [-0.25, -0.2) is 4.98 Å². The van der Waals surface area contributed by atoms with Gasteiger partial charge >= 0.3 is 5.88 Å². The van der Waals surface area contributed by atoms with E-state index in [1.165, 1.54) is 28.6 Å². The molecule has 0 radical (unpaired) electrons. The molecule has 0 N–H and O–H groups in total. The molecule has 0 aliphatic rings. The molecule has 9 heteroatoms. The lowest BCUT2D eigenvalue weighted by atomic mass is 10.2. The van der Waals surface area contributed by atoms with Gasteiger partial charge in [0.25, 0.3) is 5.91 Å². The van der Waals surface area contributed by atoms with Crippen LogP contribution in [0.1, 0.15) is 21.9 Å². The molecule has 0 fully saturated rings. The van der Waals surface area contributed by atoms with Gasteiger partial charge in [-0.15, -0.1) is 0 Å². The predicted octanol–water partition coefficient (Wildman–Crippen LogP) is 4.55. The molecule has 4 aromatic rings. The van der Waals surface area contributed by atoms with Crippen molar-refractivity contribution < 1.29 is 18.6 Å². The standard InChI is InChI=1S/C18H13N3O5S/c1-11-4-5-13-15(9-11)27-18(19-13)20(10-12-3-2-8-25-12)17(22)14-6-7-16(26-14)21(23)24/h2-9H,10H2,1H3. The molecule has 0 unspecified atom stereocenters. The first-order valence-corrected chi connectivity index (χ1v) is 8.78. The van der Waals surface area contributed by atoms with Crippen LogP contribution in [0.2, 0.25) is 0 Å². The number of nitrogens with zero attached hydrogens (tertiary/aromatic N) is 3. The molecule has 27 heavy (non-hydrogen) atoms. The van der Waals surface area contributed by atoms with Crippen molar-refractivity contribution in [1.29, 1.82) is 0 Å². The second-order valence-electron chi connectivity index (χ2n) is 5.83. The third-order valence-corrected chi connectivity index (χ3v) is 4.93. The first kappa shape index (κ1) is 17.0. The zero-order valence-corrected chi connectivity index (χ0v) is 14.9. The molecular formula is C18H13N3O5S. The topological polar surface area (TPSA) is 103 Å². The van der Waals surface area contributed by atoms with E-state index in [0.717, 1.165) is 21.8 Å². The van der Waals surface area contributed by atoms with E-state index in [-0.39, 0.29) is 12.3 Å². The quantitative estimate of drug-likeness (QED) is 0.370. The van der Waals surface area contributed by atoms with E-state index in [2.05, 4.69) is 4.98 Å². The molecule has 0 bridgehead atoms. The highest BCUT2D eigenvalue weighted by molar-refractivity contribution is 7.22. The molecule has 0 aliphatic carbocycles. The molecule has 0 saturated heterocycles. The molecule has 0 atom stereocenters. The second-order valence-corrected chi connectivity index (χ2v) is 6.84. The maximum absolute atomic E-state index is 13.0. The number of amides is 1. The average molecular weight is 383 g/mol. The summed E-state index contributed by atoms with van der Waals surface area (Å²) in [6.07, 6.45) is 1.51. The predicted molar refractivity (Wildman–Crippen MR) is 98.9 cm³/mol. The van der Waals surface area contributed by atoms with Gasteiger partial charge in [-0.05, 0) is 42.8 Å². The van der Waals surface area contributed by atoms with Crippen molar-refractivity contribution in [3.8, 4) is 0 Å². The number of aromatic nitrogens is 1. The monoisotopic (exact) mass is 383 g/mol. The summed E-state index contributed by atoms with van der Waals surface area (Å²) >= 11 is 1.35. The molecule has 1 amide bonds. The van der Waals surface area contributed by atoms with Crippen molar-refractivity contribution in [1.82, 2.24) is 4.98 Å². The van der Waals surface area contributed by atoms with Crippen LogP contribution in [0.3, 0.4) is 0 Å². The van der Waals surface area contributed by atoms with Crippen LogP contribution in [0.4, 0.5) is 11.0 Å². The molecule has 0 spiro atoms. The van der Waals surface area contributed by atoms with Crippen LogP contribution in [0, 0.1) is 17.0 Å². The van der Waals surface area contributed by atoms with Crippen LogP contribution in [-0.2, 0) is 6.54 Å². The van der Waals surface area contributed by atoms with Gasteiger partial charge in [-0.1, -0.05) is 17.4 Å². The lowest BCUT2D eigenvalue weighted by Crippen LogP contribution is -2.29. The summed E-state index contributed by atoms with van der Waals surface area (Å²) in [7, 11) is 0. The summed E-state index contributed by atoms with van der Waals surface area (Å²) in [6, 6.07) is 11.7. The Hall–Kier alpha value is -3.46. The van der Waals surface area contributed by atoms with E-state index >= 15 is 0 Å². The first-order valence-electron chi connectivity index (χ1n) is 7.97. The SMILES string of the molecule is Cc1ccc2nc(N(Cc3ccco3)C(=O)c3ccc([N+](=O)[O-])o3)sc2c1. The van der Waals surface area contributed by atoms with Gasteiger partial charge in [-0.3, -0.25) is 19.8 Å². The fraction of sp³-hybridized carbons (Fsp3) is 0.111. The molecule has 3 aromatic heterocycles. The number of furan rings is 2. The summed E-state index contributed by atoms with van der Waals surface area (Å²) < 4.78 is 11.4. The van der Waals surface area contributed by atoms with Gasteiger partial charge in [0.05, 0.1) is 29.1 Å². The Morgan fingerprint density at radius 3 is 2.85 bits per heavy atom. The van der Waals surface area contributed by atoms with Gasteiger partial charge in [0.15, 0.2) is 10.9 Å². The minimum atomic E-state index is -0.686. The number of aryl methyl sites for hydroxylation is 1. The van der Waals surface area contributed by atoms with Crippen LogP contribution in [-0.4, -0.2) is 15.8 Å².